The van der Waals surface area contributed by atoms with Crippen molar-refractivity contribution in [3.8, 4) is 35.4 Å². The predicted molar refractivity (Wildman–Crippen MR) is 199 cm³/mol. The van der Waals surface area contributed by atoms with Gasteiger partial charge in [-0.1, -0.05) is 25.8 Å². The number of aromatic hydroxyl groups is 1. The van der Waals surface area contributed by atoms with Gasteiger partial charge < -0.3 is 24.4 Å². The number of hydrogen-bond donors (Lipinski definition) is 1. The number of benzene rings is 2. The van der Waals surface area contributed by atoms with Crippen LogP contribution in [0.3, 0.4) is 0 Å². The number of piperazine rings is 1. The van der Waals surface area contributed by atoms with Crippen LogP contribution in [0, 0.1) is 29.9 Å². The minimum Gasteiger partial charge on any atom is -0.508 e. The SMILES string of the molecule is C#Cc1c(F)ccc2cc(O)cc(-c3nc4c5c(nc(OC[C@@]67CCCN6C[C@H](F)C7)nc5c3F)N3C[C@@H](CC)N(C(=O)OC(C)(C)C)C[C@@H]3[C@@H](C)C4)c12. The number of aromatic nitrogens is 3. The Kier molecular flexibility index (Phi) is 8.83. The highest BCUT2D eigenvalue weighted by Crippen LogP contribution is 2.45. The predicted octanol–water partition coefficient (Wildman–Crippen LogP) is 7.16. The number of halogens is 3. The number of rotatable bonds is 5. The van der Waals surface area contributed by atoms with E-state index in [2.05, 4.69) is 22.6 Å². The molecule has 54 heavy (non-hydrogen) atoms. The fourth-order valence-electron chi connectivity index (χ4n) is 9.18. The van der Waals surface area contributed by atoms with Crippen LogP contribution in [-0.2, 0) is 11.2 Å². The molecule has 0 bridgehead atoms. The molecule has 4 aliphatic rings. The van der Waals surface area contributed by atoms with Gasteiger partial charge in [0, 0.05) is 37.0 Å². The lowest BCUT2D eigenvalue weighted by Gasteiger charge is -2.48. The number of carbonyl (C=O) groups excluding carboxylic acids is 1. The highest BCUT2D eigenvalue weighted by molar-refractivity contribution is 6.03. The van der Waals surface area contributed by atoms with E-state index in [-0.39, 0.29) is 64.1 Å². The monoisotopic (exact) mass is 742 g/mol. The van der Waals surface area contributed by atoms with Crippen LogP contribution in [-0.4, -0.2) is 98.1 Å². The van der Waals surface area contributed by atoms with Gasteiger partial charge >= 0.3 is 12.1 Å². The van der Waals surface area contributed by atoms with Crippen molar-refractivity contribution in [1.29, 1.82) is 0 Å². The maximum absolute atomic E-state index is 17.4. The largest absolute Gasteiger partial charge is 0.508 e. The average molecular weight is 743 g/mol. The summed E-state index contributed by atoms with van der Waals surface area (Å²) in [5, 5.41) is 11.9. The Morgan fingerprint density at radius 1 is 1.13 bits per heavy atom. The number of hydrogen-bond acceptors (Lipinski definition) is 9. The number of amides is 1. The number of phenols is 1. The lowest BCUT2D eigenvalue weighted by atomic mass is 9.92. The molecule has 2 aromatic carbocycles. The molecule has 1 N–H and O–H groups in total. The summed E-state index contributed by atoms with van der Waals surface area (Å²) in [4.78, 5) is 34.2. The molecular formula is C41H45F3N6O4. The highest BCUT2D eigenvalue weighted by atomic mass is 19.1. The molecule has 2 aromatic heterocycles. The van der Waals surface area contributed by atoms with Crippen molar-refractivity contribution >= 4 is 33.6 Å². The number of fused-ring (bicyclic) bond motifs is 4. The van der Waals surface area contributed by atoms with Crippen LogP contribution < -0.4 is 9.64 Å². The van der Waals surface area contributed by atoms with Crippen LogP contribution in [0.15, 0.2) is 24.3 Å². The highest BCUT2D eigenvalue weighted by Gasteiger charge is 2.50. The van der Waals surface area contributed by atoms with Crippen molar-refractivity contribution in [1.82, 2.24) is 24.8 Å². The van der Waals surface area contributed by atoms with E-state index in [9.17, 15) is 14.3 Å². The number of pyridine rings is 1. The van der Waals surface area contributed by atoms with Crippen molar-refractivity contribution < 1.29 is 32.5 Å². The number of nitrogens with zero attached hydrogens (tertiary/aromatic N) is 6. The molecule has 3 fully saturated rings. The molecule has 4 aromatic rings. The van der Waals surface area contributed by atoms with Gasteiger partial charge in [0.15, 0.2) is 5.82 Å². The van der Waals surface area contributed by atoms with Crippen LogP contribution in [0.5, 0.6) is 11.8 Å². The molecule has 5 atom stereocenters. The van der Waals surface area contributed by atoms with Gasteiger partial charge in [-0.2, -0.15) is 9.97 Å². The first-order valence-corrected chi connectivity index (χ1v) is 18.8. The van der Waals surface area contributed by atoms with Crippen LogP contribution in [0.25, 0.3) is 32.9 Å². The van der Waals surface area contributed by atoms with Crippen molar-refractivity contribution in [2.24, 2.45) is 5.92 Å². The average Bonchev–Trinajstić information content (AvgIpc) is 3.62. The zero-order valence-corrected chi connectivity index (χ0v) is 31.3. The molecule has 0 unspecified atom stereocenters. The number of terminal acetylenes is 1. The molecule has 4 aliphatic heterocycles. The van der Waals surface area contributed by atoms with E-state index in [1.807, 2.05) is 27.7 Å². The van der Waals surface area contributed by atoms with Crippen LogP contribution >= 0.6 is 0 Å². The van der Waals surface area contributed by atoms with E-state index >= 15 is 8.78 Å². The van der Waals surface area contributed by atoms with Crippen LogP contribution in [0.1, 0.15) is 71.6 Å². The Balaban J connectivity index is 1.31. The van der Waals surface area contributed by atoms with Gasteiger partial charge in [-0.15, -0.1) is 6.42 Å². The van der Waals surface area contributed by atoms with E-state index in [0.29, 0.717) is 61.2 Å². The molecule has 0 radical (unpaired) electrons. The molecule has 0 aliphatic carbocycles. The normalized spacial score (nSPS) is 25.4. The Bertz CT molecular complexity index is 2220. The van der Waals surface area contributed by atoms with E-state index in [1.54, 1.807) is 4.90 Å². The summed E-state index contributed by atoms with van der Waals surface area (Å²) in [6.07, 6.45) is 7.44. The first-order chi connectivity index (χ1) is 25.7. The smallest absolute Gasteiger partial charge is 0.410 e. The third-order valence-corrected chi connectivity index (χ3v) is 11.7. The topological polar surface area (TPSA) is 104 Å². The fourth-order valence-corrected chi connectivity index (χ4v) is 9.18. The summed E-state index contributed by atoms with van der Waals surface area (Å²) in [5.41, 5.74) is -0.837. The minimum absolute atomic E-state index is 0.0452. The molecule has 10 nitrogen and oxygen atoms in total. The van der Waals surface area contributed by atoms with Gasteiger partial charge in [0.1, 0.15) is 47.0 Å². The fraction of sp³-hybridized carbons (Fsp3) is 0.512. The first kappa shape index (κ1) is 36.2. The zero-order valence-electron chi connectivity index (χ0n) is 31.3. The Morgan fingerprint density at radius 2 is 1.93 bits per heavy atom. The van der Waals surface area contributed by atoms with E-state index < -0.39 is 35.0 Å². The summed E-state index contributed by atoms with van der Waals surface area (Å²) >= 11 is 0. The van der Waals surface area contributed by atoms with Gasteiger partial charge in [-0.05, 0) is 82.5 Å². The second-order valence-corrected chi connectivity index (χ2v) is 16.4. The van der Waals surface area contributed by atoms with E-state index in [0.717, 1.165) is 19.4 Å². The quantitative estimate of drug-likeness (QED) is 0.214. The standard InChI is InChI=1S/C41H45F3N6O4/c1-7-25-19-50-31(20-49(25)39(52)54-40(4,5)6)22(3)14-30-33-36(46-38(47-37(33)50)53-21-41-12-9-13-48(41)18-24(42)17-41)34(44)35(45-30)28-16-26(51)15-23-10-11-29(43)27(8-2)32(23)28/h2,10-11,15-16,22,24-25,31,51H,7,9,12-14,17-21H2,1,3-6H3/t22-,24+,25+,31+,41-/m0/s1. The number of phenolic OH excluding ortho intramolecular Hbond substituents is 1. The summed E-state index contributed by atoms with van der Waals surface area (Å²) in [6.45, 7) is 11.6. The van der Waals surface area contributed by atoms with Crippen LogP contribution in [0.4, 0.5) is 23.8 Å². The van der Waals surface area contributed by atoms with Crippen molar-refractivity contribution in [2.75, 3.05) is 37.7 Å². The third kappa shape index (κ3) is 6.03. The first-order valence-electron chi connectivity index (χ1n) is 18.8. The third-order valence-electron chi connectivity index (χ3n) is 11.7. The van der Waals surface area contributed by atoms with Crippen LogP contribution in [0.2, 0.25) is 0 Å². The molecule has 6 heterocycles. The maximum atomic E-state index is 17.4. The number of anilines is 1. The second kappa shape index (κ2) is 13.2. The van der Waals surface area contributed by atoms with Gasteiger partial charge in [-0.3, -0.25) is 4.90 Å². The van der Waals surface area contributed by atoms with E-state index in [4.69, 9.17) is 30.8 Å². The molecule has 8 rings (SSSR count). The van der Waals surface area contributed by atoms with Gasteiger partial charge in [0.2, 0.25) is 0 Å². The van der Waals surface area contributed by atoms with Crippen molar-refractivity contribution in [3.63, 3.8) is 0 Å². The van der Waals surface area contributed by atoms with Gasteiger partial charge in [0.25, 0.3) is 0 Å². The molecule has 0 spiro atoms. The van der Waals surface area contributed by atoms with Crippen molar-refractivity contribution in [2.45, 2.75) is 96.1 Å². The molecule has 1 amide bonds. The van der Waals surface area contributed by atoms with Crippen molar-refractivity contribution in [3.05, 3.63) is 47.2 Å². The van der Waals surface area contributed by atoms with E-state index in [1.165, 1.54) is 24.3 Å². The molecule has 0 saturated carbocycles. The lowest BCUT2D eigenvalue weighted by Crippen LogP contribution is -2.62. The molecule has 3 saturated heterocycles. The number of carbonyl (C=O) groups is 1. The number of alkyl halides is 1. The Hall–Kier alpha value is -4.83. The zero-order chi connectivity index (χ0) is 38.3. The Labute approximate surface area is 312 Å². The minimum atomic E-state index is -0.964. The lowest BCUT2D eigenvalue weighted by molar-refractivity contribution is 0.00796. The maximum Gasteiger partial charge on any atom is 0.410 e. The summed E-state index contributed by atoms with van der Waals surface area (Å²) in [6, 6.07) is 4.91. The Morgan fingerprint density at radius 3 is 2.67 bits per heavy atom. The van der Waals surface area contributed by atoms with Gasteiger partial charge in [0.05, 0.1) is 34.3 Å². The summed E-state index contributed by atoms with van der Waals surface area (Å²) in [5.74, 6) is 1.08. The molecular weight excluding hydrogens is 697 g/mol. The molecule has 13 heteroatoms. The summed E-state index contributed by atoms with van der Waals surface area (Å²) in [7, 11) is 0. The second-order valence-electron chi connectivity index (χ2n) is 16.4. The molecule has 284 valence electrons. The summed E-state index contributed by atoms with van der Waals surface area (Å²) < 4.78 is 59.5. The number of ether oxygens (including phenoxy) is 2. The van der Waals surface area contributed by atoms with Gasteiger partial charge in [-0.25, -0.2) is 22.9 Å².